The van der Waals surface area contributed by atoms with E-state index in [0.717, 1.165) is 26.2 Å². The van der Waals surface area contributed by atoms with Gasteiger partial charge in [0.25, 0.3) is 5.91 Å². The molecule has 0 atom stereocenters. The van der Waals surface area contributed by atoms with Crippen molar-refractivity contribution in [2.24, 2.45) is 0 Å². The van der Waals surface area contributed by atoms with Crippen LogP contribution in [0.4, 0.5) is 5.69 Å². The number of thiophene rings is 1. The van der Waals surface area contributed by atoms with Crippen LogP contribution in [-0.2, 0) is 11.2 Å². The summed E-state index contributed by atoms with van der Waals surface area (Å²) in [5, 5.41) is 3.14. The molecule has 0 aliphatic carbocycles. The number of anilines is 1. The van der Waals surface area contributed by atoms with Gasteiger partial charge in [-0.25, -0.2) is 4.79 Å². The molecule has 5 nitrogen and oxygen atoms in total. The van der Waals surface area contributed by atoms with Gasteiger partial charge in [-0.1, -0.05) is 27.5 Å². The van der Waals surface area contributed by atoms with E-state index >= 15 is 0 Å². The number of fused-ring (bicyclic) bond motifs is 3. The fourth-order valence-electron chi connectivity index (χ4n) is 3.08. The van der Waals surface area contributed by atoms with E-state index in [-0.39, 0.29) is 5.91 Å². The third-order valence-electron chi connectivity index (χ3n) is 4.49. The molecule has 148 valence electrons. The summed E-state index contributed by atoms with van der Waals surface area (Å²) < 4.78 is 11.5. The maximum atomic E-state index is 12.9. The highest BCUT2D eigenvalue weighted by molar-refractivity contribution is 9.10. The normalized spacial score (nSPS) is 12.2. The number of esters is 1. The van der Waals surface area contributed by atoms with Crippen LogP contribution in [-0.4, -0.2) is 25.6 Å². The highest BCUT2D eigenvalue weighted by Gasteiger charge is 2.22. The van der Waals surface area contributed by atoms with Gasteiger partial charge in [-0.3, -0.25) is 4.79 Å². The average Bonchev–Trinajstić information content (AvgIpc) is 3.06. The zero-order valence-corrected chi connectivity index (χ0v) is 18.4. The van der Waals surface area contributed by atoms with Gasteiger partial charge < -0.3 is 14.8 Å². The smallest absolute Gasteiger partial charge is 0.337 e. The average molecular weight is 493 g/mol. The summed E-state index contributed by atoms with van der Waals surface area (Å²) in [5.41, 5.74) is 2.70. The van der Waals surface area contributed by atoms with Gasteiger partial charge in [0.05, 0.1) is 34.9 Å². The SMILES string of the molecule is COC(=O)c1ccc(Cl)c(NC(=O)c2cc3c(s2)-c2ccc(Br)cc2OCC3)c1. The number of ether oxygens (including phenoxy) is 2. The molecule has 1 N–H and O–H groups in total. The molecule has 0 bridgehead atoms. The zero-order chi connectivity index (χ0) is 20.5. The highest BCUT2D eigenvalue weighted by Crippen LogP contribution is 2.42. The molecule has 0 spiro atoms. The van der Waals surface area contributed by atoms with E-state index in [2.05, 4.69) is 21.2 Å². The Balaban J connectivity index is 1.65. The van der Waals surface area contributed by atoms with Crippen LogP contribution in [0.15, 0.2) is 46.9 Å². The number of carbonyl (C=O) groups is 2. The lowest BCUT2D eigenvalue weighted by Gasteiger charge is -2.09. The van der Waals surface area contributed by atoms with Gasteiger partial charge in [-0.15, -0.1) is 11.3 Å². The van der Waals surface area contributed by atoms with Gasteiger partial charge in [0.15, 0.2) is 0 Å². The van der Waals surface area contributed by atoms with E-state index in [1.165, 1.54) is 24.5 Å². The second kappa shape index (κ2) is 8.18. The van der Waals surface area contributed by atoms with Crippen molar-refractivity contribution < 1.29 is 19.1 Å². The summed E-state index contributed by atoms with van der Waals surface area (Å²) in [5.74, 6) is 0.00935. The molecule has 0 fully saturated rings. The largest absolute Gasteiger partial charge is 0.493 e. The maximum Gasteiger partial charge on any atom is 0.337 e. The first-order valence-electron chi connectivity index (χ1n) is 8.71. The first-order valence-corrected chi connectivity index (χ1v) is 10.7. The van der Waals surface area contributed by atoms with Gasteiger partial charge in [0.1, 0.15) is 5.75 Å². The first kappa shape index (κ1) is 19.9. The fraction of sp³-hybridized carbons (Fsp3) is 0.143. The first-order chi connectivity index (χ1) is 14.0. The van der Waals surface area contributed by atoms with Crippen molar-refractivity contribution in [3.05, 3.63) is 68.0 Å². The molecule has 0 radical (unpaired) electrons. The van der Waals surface area contributed by atoms with Crippen molar-refractivity contribution in [3.63, 3.8) is 0 Å². The summed E-state index contributed by atoms with van der Waals surface area (Å²) in [6.45, 7) is 0.543. The van der Waals surface area contributed by atoms with Crippen LogP contribution < -0.4 is 10.1 Å². The molecule has 8 heteroatoms. The van der Waals surface area contributed by atoms with Crippen LogP contribution in [0.3, 0.4) is 0 Å². The number of benzene rings is 2. The number of hydrogen-bond donors (Lipinski definition) is 1. The second-order valence-electron chi connectivity index (χ2n) is 6.34. The Bertz CT molecular complexity index is 1130. The molecular weight excluding hydrogens is 478 g/mol. The lowest BCUT2D eigenvalue weighted by Crippen LogP contribution is -2.12. The highest BCUT2D eigenvalue weighted by atomic mass is 79.9. The number of rotatable bonds is 3. The number of amides is 1. The van der Waals surface area contributed by atoms with Crippen LogP contribution in [0, 0.1) is 0 Å². The van der Waals surface area contributed by atoms with E-state index < -0.39 is 5.97 Å². The number of nitrogens with one attached hydrogen (secondary N) is 1. The standard InChI is InChI=1S/C21H15BrClNO4S/c1-27-21(26)12-2-5-15(23)16(8-12)24-20(25)18-9-11-6-7-28-17-10-13(22)3-4-14(17)19(11)29-18/h2-5,8-10H,6-7H2,1H3,(H,24,25). The van der Waals surface area contributed by atoms with E-state index in [1.807, 2.05) is 24.3 Å². The summed E-state index contributed by atoms with van der Waals surface area (Å²) in [4.78, 5) is 26.2. The molecule has 1 amide bonds. The van der Waals surface area contributed by atoms with Gasteiger partial charge >= 0.3 is 5.97 Å². The Kier molecular flexibility index (Phi) is 5.63. The molecule has 1 aromatic heterocycles. The van der Waals surface area contributed by atoms with E-state index in [1.54, 1.807) is 12.1 Å². The third-order valence-corrected chi connectivity index (χ3v) is 6.52. The predicted octanol–water partition coefficient (Wildman–Crippen LogP) is 5.80. The van der Waals surface area contributed by atoms with Gasteiger partial charge in [0.2, 0.25) is 0 Å². The molecule has 2 aromatic carbocycles. The van der Waals surface area contributed by atoms with Crippen molar-refractivity contribution in [1.82, 2.24) is 0 Å². The Morgan fingerprint density at radius 2 is 2.03 bits per heavy atom. The van der Waals surface area contributed by atoms with Gasteiger partial charge in [-0.2, -0.15) is 0 Å². The zero-order valence-electron chi connectivity index (χ0n) is 15.3. The van der Waals surface area contributed by atoms with Gasteiger partial charge in [0, 0.05) is 21.3 Å². The molecule has 2 heterocycles. The minimum atomic E-state index is -0.497. The summed E-state index contributed by atoms with van der Waals surface area (Å²) >= 11 is 11.1. The monoisotopic (exact) mass is 491 g/mol. The van der Waals surface area contributed by atoms with E-state index in [0.29, 0.717) is 34.2 Å². The summed E-state index contributed by atoms with van der Waals surface area (Å²) in [7, 11) is 1.30. The van der Waals surface area contributed by atoms with Crippen LogP contribution in [0.2, 0.25) is 5.02 Å². The molecule has 29 heavy (non-hydrogen) atoms. The minimum Gasteiger partial charge on any atom is -0.493 e. The topological polar surface area (TPSA) is 64.6 Å². The summed E-state index contributed by atoms with van der Waals surface area (Å²) in [6, 6.07) is 12.4. The second-order valence-corrected chi connectivity index (χ2v) is 8.72. The Morgan fingerprint density at radius 1 is 1.21 bits per heavy atom. The fourth-order valence-corrected chi connectivity index (χ4v) is 4.72. The van der Waals surface area contributed by atoms with E-state index in [4.69, 9.17) is 21.1 Å². The number of hydrogen-bond acceptors (Lipinski definition) is 5. The van der Waals surface area contributed by atoms with Crippen molar-refractivity contribution in [2.75, 3.05) is 19.0 Å². The van der Waals surface area contributed by atoms with Crippen molar-refractivity contribution in [2.45, 2.75) is 6.42 Å². The predicted molar refractivity (Wildman–Crippen MR) is 117 cm³/mol. The van der Waals surface area contributed by atoms with Crippen LogP contribution in [0.5, 0.6) is 5.75 Å². The number of methoxy groups -OCH3 is 1. The molecule has 4 rings (SSSR count). The summed E-state index contributed by atoms with van der Waals surface area (Å²) in [6.07, 6.45) is 0.712. The Labute approximate surface area is 184 Å². The van der Waals surface area contributed by atoms with Crippen molar-refractivity contribution in [1.29, 1.82) is 0 Å². The van der Waals surface area contributed by atoms with Crippen molar-refractivity contribution in [3.8, 4) is 16.2 Å². The molecule has 0 unspecified atom stereocenters. The lowest BCUT2D eigenvalue weighted by molar-refractivity contribution is 0.0600. The molecule has 1 aliphatic heterocycles. The number of carbonyl (C=O) groups excluding carboxylic acids is 2. The third kappa shape index (κ3) is 4.03. The molecule has 0 saturated carbocycles. The maximum absolute atomic E-state index is 12.9. The molecule has 1 aliphatic rings. The molecule has 0 saturated heterocycles. The quantitative estimate of drug-likeness (QED) is 0.469. The number of halogens is 2. The van der Waals surface area contributed by atoms with E-state index in [9.17, 15) is 9.59 Å². The lowest BCUT2D eigenvalue weighted by atomic mass is 10.1. The van der Waals surface area contributed by atoms with Crippen LogP contribution in [0.1, 0.15) is 25.6 Å². The Hall–Kier alpha value is -2.35. The molecule has 3 aromatic rings. The van der Waals surface area contributed by atoms with Gasteiger partial charge in [-0.05, 0) is 48.0 Å². The molecular formula is C21H15BrClNO4S. The Morgan fingerprint density at radius 3 is 2.83 bits per heavy atom. The van der Waals surface area contributed by atoms with Crippen LogP contribution in [0.25, 0.3) is 10.4 Å². The van der Waals surface area contributed by atoms with Crippen molar-refractivity contribution >= 4 is 56.4 Å². The minimum absolute atomic E-state index is 0.286. The van der Waals surface area contributed by atoms with Crippen LogP contribution >= 0.6 is 38.9 Å².